The first kappa shape index (κ1) is 5.53. The summed E-state index contributed by atoms with van der Waals surface area (Å²) in [5.74, 6) is 0. The van der Waals surface area contributed by atoms with E-state index in [4.69, 9.17) is 13.7 Å². The van der Waals surface area contributed by atoms with Crippen LogP contribution in [0.5, 0.6) is 0 Å². The Labute approximate surface area is 134 Å². The lowest BCUT2D eigenvalue weighted by atomic mass is 9.98. The van der Waals surface area contributed by atoms with E-state index in [1.54, 1.807) is 6.92 Å². The van der Waals surface area contributed by atoms with Crippen molar-refractivity contribution in [2.45, 2.75) is 13.3 Å². The highest BCUT2D eigenvalue weighted by Crippen LogP contribution is 2.27. The number of aryl methyl sites for hydroxylation is 1. The van der Waals surface area contributed by atoms with Crippen molar-refractivity contribution in [3.63, 3.8) is 0 Å². The molecule has 1 heteroatoms. The van der Waals surface area contributed by atoms with Crippen LogP contribution < -0.4 is 0 Å². The van der Waals surface area contributed by atoms with Gasteiger partial charge in [0.1, 0.15) is 0 Å². The van der Waals surface area contributed by atoms with Gasteiger partial charge in [0, 0.05) is 17.3 Å². The molecule has 0 radical (unpaired) electrons. The van der Waals surface area contributed by atoms with Crippen molar-refractivity contribution in [1.82, 2.24) is 4.98 Å². The second kappa shape index (κ2) is 5.70. The summed E-state index contributed by atoms with van der Waals surface area (Å²) in [5, 5.41) is 0. The van der Waals surface area contributed by atoms with Crippen molar-refractivity contribution >= 4 is 0 Å². The molecule has 1 aromatic heterocycles. The number of rotatable bonds is 3. The Hall–Kier alpha value is -2.41. The van der Waals surface area contributed by atoms with Crippen LogP contribution in [0, 0.1) is 0 Å². The summed E-state index contributed by atoms with van der Waals surface area (Å²) in [6.45, 7) is 1.81. The molecule has 0 aliphatic carbocycles. The van der Waals surface area contributed by atoms with E-state index in [-0.39, 0.29) is 41.0 Å². The van der Waals surface area contributed by atoms with Gasteiger partial charge in [-0.2, -0.15) is 0 Å². The van der Waals surface area contributed by atoms with E-state index in [9.17, 15) is 0 Å². The third kappa shape index (κ3) is 2.48. The Morgan fingerprint density at radius 2 is 1.50 bits per heavy atom. The van der Waals surface area contributed by atoms with Crippen molar-refractivity contribution in [1.29, 1.82) is 0 Å². The molecule has 0 unspecified atom stereocenters. The highest BCUT2D eigenvalue weighted by Gasteiger charge is 2.07. The fraction of sp³-hybridized carbons (Fsp3) is 0.105. The average molecular weight is 269 g/mol. The molecule has 0 fully saturated rings. The minimum atomic E-state index is -0.500. The zero-order valence-corrected chi connectivity index (χ0v) is 10.8. The first-order valence-electron chi connectivity index (χ1n) is 11.2. The molecule has 20 heavy (non-hydrogen) atoms. The maximum atomic E-state index is 8.18. The molecule has 0 N–H and O–H groups in total. The van der Waals surface area contributed by atoms with Crippen LogP contribution in [0.25, 0.3) is 22.4 Å². The van der Waals surface area contributed by atoms with Crippen LogP contribution in [0.3, 0.4) is 0 Å². The van der Waals surface area contributed by atoms with Gasteiger partial charge in [-0.3, -0.25) is 4.98 Å². The minimum absolute atomic E-state index is 0.0120. The maximum absolute atomic E-state index is 8.18. The van der Waals surface area contributed by atoms with E-state index in [1.165, 1.54) is 12.3 Å². The molecule has 3 aromatic rings. The van der Waals surface area contributed by atoms with Gasteiger partial charge in [0.25, 0.3) is 0 Å². The number of hydrogen-bond acceptors (Lipinski definition) is 1. The Morgan fingerprint density at radius 3 is 2.10 bits per heavy atom. The lowest BCUT2D eigenvalue weighted by Crippen LogP contribution is -1.92. The van der Waals surface area contributed by atoms with E-state index in [0.717, 1.165) is 0 Å². The van der Waals surface area contributed by atoms with Crippen molar-refractivity contribution in [3.05, 3.63) is 78.3 Å². The van der Waals surface area contributed by atoms with Crippen molar-refractivity contribution < 1.29 is 13.7 Å². The number of aromatic nitrogens is 1. The van der Waals surface area contributed by atoms with Crippen LogP contribution in [0.15, 0.2) is 72.7 Å². The first-order valence-corrected chi connectivity index (χ1v) is 6.16. The van der Waals surface area contributed by atoms with Gasteiger partial charge in [-0.25, -0.2) is 0 Å². The zero-order valence-electron chi connectivity index (χ0n) is 20.8. The van der Waals surface area contributed by atoms with E-state index in [2.05, 4.69) is 4.98 Å². The number of hydrogen-bond donors (Lipinski definition) is 0. The Morgan fingerprint density at radius 1 is 0.900 bits per heavy atom. The molecule has 0 spiro atoms. The van der Waals surface area contributed by atoms with Gasteiger partial charge in [0.15, 0.2) is 0 Å². The molecule has 1 heterocycles. The highest BCUT2D eigenvalue weighted by atomic mass is 14.7. The van der Waals surface area contributed by atoms with E-state index >= 15 is 0 Å². The van der Waals surface area contributed by atoms with Crippen LogP contribution in [-0.2, 0) is 6.42 Å². The number of pyridine rings is 1. The predicted octanol–water partition coefficient (Wildman–Crippen LogP) is 4.98. The van der Waals surface area contributed by atoms with Gasteiger partial charge in [-0.1, -0.05) is 67.3 Å². The molecular formula is C19H17N. The third-order valence-corrected chi connectivity index (χ3v) is 2.90. The number of benzene rings is 2. The topological polar surface area (TPSA) is 12.9 Å². The Bertz CT molecular complexity index is 1130. The summed E-state index contributed by atoms with van der Waals surface area (Å²) in [6, 6.07) is -2.79. The predicted molar refractivity (Wildman–Crippen MR) is 84.5 cm³/mol. The summed E-state index contributed by atoms with van der Waals surface area (Å²) in [6.07, 6.45) is 1.73. The van der Waals surface area contributed by atoms with Crippen LogP contribution in [0.4, 0.5) is 0 Å². The van der Waals surface area contributed by atoms with Gasteiger partial charge in [0.05, 0.1) is 19.4 Å². The molecule has 1 nitrogen and oxygen atoms in total. The molecule has 0 aliphatic rings. The molecule has 0 aliphatic heterocycles. The van der Waals surface area contributed by atoms with Crippen molar-refractivity contribution in [2.75, 3.05) is 0 Å². The largest absolute Gasteiger partial charge is 0.256 e. The van der Waals surface area contributed by atoms with Gasteiger partial charge < -0.3 is 0 Å². The van der Waals surface area contributed by atoms with Gasteiger partial charge in [0.2, 0.25) is 0 Å². The average Bonchev–Trinajstić information content (AvgIpc) is 2.74. The van der Waals surface area contributed by atoms with Crippen molar-refractivity contribution in [2.24, 2.45) is 0 Å². The Balaban J connectivity index is 2.31. The fourth-order valence-corrected chi connectivity index (χ4v) is 1.91. The lowest BCUT2D eigenvalue weighted by Gasteiger charge is -2.10. The quantitative estimate of drug-likeness (QED) is 0.653. The summed E-state index contributed by atoms with van der Waals surface area (Å²) in [5.41, 5.74) is 1.03. The summed E-state index contributed by atoms with van der Waals surface area (Å²) >= 11 is 0. The molecule has 0 saturated heterocycles. The smallest absolute Gasteiger partial charge is 0.0705 e. The van der Waals surface area contributed by atoms with Crippen molar-refractivity contribution in [3.8, 4) is 22.4 Å². The second-order valence-corrected chi connectivity index (χ2v) is 4.08. The number of nitrogens with zero attached hydrogens (tertiary/aromatic N) is 1. The van der Waals surface area contributed by atoms with Crippen LogP contribution >= 0.6 is 0 Å². The molecule has 0 atom stereocenters. The third-order valence-electron chi connectivity index (χ3n) is 2.90. The fourth-order valence-electron chi connectivity index (χ4n) is 1.91. The zero-order chi connectivity index (χ0) is 22.5. The maximum Gasteiger partial charge on any atom is 0.0705 e. The van der Waals surface area contributed by atoms with Crippen LogP contribution in [-0.4, -0.2) is 4.98 Å². The Kier molecular flexibility index (Phi) is 1.58. The van der Waals surface area contributed by atoms with Gasteiger partial charge >= 0.3 is 0 Å². The van der Waals surface area contributed by atoms with Crippen LogP contribution in [0.1, 0.15) is 26.2 Å². The van der Waals surface area contributed by atoms with E-state index in [0.29, 0.717) is 17.5 Å². The normalized spacial score (nSPS) is 17.4. The molecule has 98 valence electrons. The molecule has 0 bridgehead atoms. The first-order chi connectivity index (χ1) is 14.0. The SMILES string of the molecule is [2H]c1c([2H])c([2H])c(-c2cc(CC)c(-c3c([2H])c([2H])c([2H])c([2H])c3[2H])cn2)c([2H])c1[2H]. The summed E-state index contributed by atoms with van der Waals surface area (Å²) in [4.78, 5) is 4.23. The highest BCUT2D eigenvalue weighted by molar-refractivity contribution is 5.70. The van der Waals surface area contributed by atoms with E-state index in [1.807, 2.05) is 0 Å². The minimum Gasteiger partial charge on any atom is -0.256 e. The van der Waals surface area contributed by atoms with Gasteiger partial charge in [-0.15, -0.1) is 0 Å². The monoisotopic (exact) mass is 269 g/mol. The van der Waals surface area contributed by atoms with E-state index < -0.39 is 36.3 Å². The molecular weight excluding hydrogens is 242 g/mol. The van der Waals surface area contributed by atoms with Crippen LogP contribution in [0.2, 0.25) is 0 Å². The molecule has 2 aromatic carbocycles. The summed E-state index contributed by atoms with van der Waals surface area (Å²) in [7, 11) is 0. The molecule has 3 rings (SSSR count). The summed E-state index contributed by atoms with van der Waals surface area (Å²) < 4.78 is 79.5. The lowest BCUT2D eigenvalue weighted by molar-refractivity contribution is 1.12. The second-order valence-electron chi connectivity index (χ2n) is 4.08. The standard InChI is InChI=1S/C19H17N/c1-2-15-13-19(17-11-7-4-8-12-17)20-14-18(15)16-9-5-3-6-10-16/h3-14H,2H2,1H3/i3D,4D,5D,6D,7D,8D,9D,10D,11D,12D. The molecule has 0 amide bonds. The molecule has 0 saturated carbocycles. The van der Waals surface area contributed by atoms with Gasteiger partial charge in [-0.05, 0) is 23.6 Å².